The first kappa shape index (κ1) is 14.5. The highest BCUT2D eigenvalue weighted by molar-refractivity contribution is 7.89. The van der Waals surface area contributed by atoms with Crippen LogP contribution in [-0.2, 0) is 16.6 Å². The topological polar surface area (TPSA) is 88.6 Å². The normalized spacial score (nSPS) is 18.8. The van der Waals surface area contributed by atoms with E-state index in [4.69, 9.17) is 9.56 Å². The van der Waals surface area contributed by atoms with Crippen molar-refractivity contribution in [1.82, 2.24) is 10.2 Å². The summed E-state index contributed by atoms with van der Waals surface area (Å²) in [5, 5.41) is 8.07. The van der Waals surface area contributed by atoms with Gasteiger partial charge < -0.3 is 9.73 Å². The minimum absolute atomic E-state index is 0.183. The number of nitrogens with two attached hydrogens (primary N) is 1. The largest absolute Gasteiger partial charge is 0.447 e. The van der Waals surface area contributed by atoms with Crippen LogP contribution >= 0.6 is 0 Å². The Balaban J connectivity index is 1.78. The molecule has 0 radical (unpaired) electrons. The second kappa shape index (κ2) is 6.04. The zero-order chi connectivity index (χ0) is 13.9. The molecule has 7 heteroatoms. The van der Waals surface area contributed by atoms with Crippen molar-refractivity contribution in [1.29, 1.82) is 0 Å². The summed E-state index contributed by atoms with van der Waals surface area (Å²) in [5.41, 5.74) is 0. The Morgan fingerprint density at radius 3 is 2.68 bits per heavy atom. The van der Waals surface area contributed by atoms with Crippen molar-refractivity contribution >= 4 is 10.0 Å². The van der Waals surface area contributed by atoms with E-state index in [0.29, 0.717) is 18.3 Å². The highest BCUT2D eigenvalue weighted by atomic mass is 32.2. The fourth-order valence-corrected chi connectivity index (χ4v) is 2.80. The molecule has 19 heavy (non-hydrogen) atoms. The number of likely N-dealkylation sites (tertiary alicyclic amines) is 1. The number of hydrogen-bond donors (Lipinski definition) is 2. The summed E-state index contributed by atoms with van der Waals surface area (Å²) in [6.07, 6.45) is 2.56. The molecule has 108 valence electrons. The zero-order valence-corrected chi connectivity index (χ0v) is 11.9. The van der Waals surface area contributed by atoms with Crippen molar-refractivity contribution in [3.63, 3.8) is 0 Å². The van der Waals surface area contributed by atoms with Gasteiger partial charge in [-0.15, -0.1) is 0 Å². The predicted molar refractivity (Wildman–Crippen MR) is 72.1 cm³/mol. The maximum absolute atomic E-state index is 11.1. The van der Waals surface area contributed by atoms with Crippen LogP contribution < -0.4 is 10.5 Å². The van der Waals surface area contributed by atoms with Gasteiger partial charge in [0.1, 0.15) is 5.76 Å². The van der Waals surface area contributed by atoms with E-state index in [1.807, 2.05) is 0 Å². The zero-order valence-electron chi connectivity index (χ0n) is 11.1. The summed E-state index contributed by atoms with van der Waals surface area (Å²) >= 11 is 0. The van der Waals surface area contributed by atoms with Crippen molar-refractivity contribution < 1.29 is 12.8 Å². The molecule has 0 aliphatic carbocycles. The van der Waals surface area contributed by atoms with Crippen LogP contribution in [0.5, 0.6) is 0 Å². The number of nitrogens with one attached hydrogen (secondary N) is 1. The molecule has 1 aliphatic rings. The number of sulfonamides is 1. The Morgan fingerprint density at radius 1 is 1.42 bits per heavy atom. The molecule has 2 rings (SSSR count). The number of hydrogen-bond acceptors (Lipinski definition) is 5. The smallest absolute Gasteiger partial charge is 0.271 e. The van der Waals surface area contributed by atoms with Crippen molar-refractivity contribution in [2.45, 2.75) is 37.4 Å². The second-order valence-electron chi connectivity index (χ2n) is 4.99. The summed E-state index contributed by atoms with van der Waals surface area (Å²) < 4.78 is 27.3. The Labute approximate surface area is 114 Å². The van der Waals surface area contributed by atoms with E-state index >= 15 is 0 Å². The van der Waals surface area contributed by atoms with Gasteiger partial charge in [0.05, 0.1) is 6.54 Å². The third-order valence-corrected chi connectivity index (χ3v) is 4.20. The molecule has 0 spiro atoms. The van der Waals surface area contributed by atoms with Crippen LogP contribution in [0.3, 0.4) is 0 Å². The molecule has 6 nitrogen and oxygen atoms in total. The standard InChI is InChI=1S/C12H21N3O3S/c1-10(15-6-2-3-7-15)8-14-9-11-4-5-12(18-11)19(13,16)17/h4-5,10,14H,2-3,6-9H2,1H3,(H2,13,16,17). The first-order chi connectivity index (χ1) is 8.97. The minimum Gasteiger partial charge on any atom is -0.447 e. The highest BCUT2D eigenvalue weighted by Crippen LogP contribution is 2.13. The number of primary sulfonamides is 1. The van der Waals surface area contributed by atoms with Crippen LogP contribution in [0.15, 0.2) is 21.6 Å². The molecule has 1 unspecified atom stereocenters. The van der Waals surface area contributed by atoms with Gasteiger partial charge in [0.25, 0.3) is 10.0 Å². The van der Waals surface area contributed by atoms with Crippen molar-refractivity contribution in [3.05, 3.63) is 17.9 Å². The van der Waals surface area contributed by atoms with Crippen LogP contribution in [0.2, 0.25) is 0 Å². The van der Waals surface area contributed by atoms with Crippen LogP contribution in [0, 0.1) is 0 Å². The van der Waals surface area contributed by atoms with Gasteiger partial charge in [-0.3, -0.25) is 4.90 Å². The summed E-state index contributed by atoms with van der Waals surface area (Å²) in [4.78, 5) is 2.45. The summed E-state index contributed by atoms with van der Waals surface area (Å²) in [7, 11) is -3.74. The molecule has 0 bridgehead atoms. The van der Waals surface area contributed by atoms with Gasteiger partial charge in [-0.2, -0.15) is 0 Å². The van der Waals surface area contributed by atoms with Gasteiger partial charge in [0.15, 0.2) is 0 Å². The number of nitrogens with zero attached hydrogens (tertiary/aromatic N) is 1. The third-order valence-electron chi connectivity index (χ3n) is 3.42. The molecule has 0 amide bonds. The van der Waals surface area contributed by atoms with Crippen LogP contribution in [0.1, 0.15) is 25.5 Å². The summed E-state index contributed by atoms with van der Waals surface area (Å²) in [6.45, 7) is 5.88. The lowest BCUT2D eigenvalue weighted by Crippen LogP contribution is -2.38. The first-order valence-corrected chi connectivity index (χ1v) is 8.08. The average Bonchev–Trinajstić information content (AvgIpc) is 2.99. The molecule has 0 saturated carbocycles. The Kier molecular flexibility index (Phi) is 4.62. The lowest BCUT2D eigenvalue weighted by Gasteiger charge is -2.23. The molecule has 1 saturated heterocycles. The monoisotopic (exact) mass is 287 g/mol. The van der Waals surface area contributed by atoms with E-state index < -0.39 is 10.0 Å². The molecular weight excluding hydrogens is 266 g/mol. The molecule has 1 fully saturated rings. The van der Waals surface area contributed by atoms with Gasteiger partial charge in [0, 0.05) is 12.6 Å². The highest BCUT2D eigenvalue weighted by Gasteiger charge is 2.18. The maximum Gasteiger partial charge on any atom is 0.271 e. The minimum atomic E-state index is -3.74. The van der Waals surface area contributed by atoms with Gasteiger partial charge in [-0.05, 0) is 45.0 Å². The van der Waals surface area contributed by atoms with E-state index in [2.05, 4.69) is 17.1 Å². The van der Waals surface area contributed by atoms with E-state index in [1.165, 1.54) is 32.0 Å². The number of furan rings is 1. The molecule has 2 heterocycles. The molecule has 1 aromatic rings. The Morgan fingerprint density at radius 2 is 2.11 bits per heavy atom. The van der Waals surface area contributed by atoms with E-state index in [1.54, 1.807) is 6.07 Å². The molecular formula is C12H21N3O3S. The molecule has 1 atom stereocenters. The fourth-order valence-electron chi connectivity index (χ4n) is 2.32. The lowest BCUT2D eigenvalue weighted by molar-refractivity contribution is 0.249. The predicted octanol–water partition coefficient (Wildman–Crippen LogP) is 0.501. The first-order valence-electron chi connectivity index (χ1n) is 6.53. The molecule has 0 aromatic carbocycles. The van der Waals surface area contributed by atoms with E-state index in [9.17, 15) is 8.42 Å². The molecule has 1 aromatic heterocycles. The quantitative estimate of drug-likeness (QED) is 0.795. The van der Waals surface area contributed by atoms with Gasteiger partial charge in [-0.1, -0.05) is 0 Å². The Hall–Kier alpha value is -0.890. The second-order valence-corrected chi connectivity index (χ2v) is 6.48. The maximum atomic E-state index is 11.1. The summed E-state index contributed by atoms with van der Waals surface area (Å²) in [5.74, 6) is 0.581. The van der Waals surface area contributed by atoms with E-state index in [0.717, 1.165) is 6.54 Å². The van der Waals surface area contributed by atoms with Crippen LogP contribution in [-0.4, -0.2) is 39.0 Å². The van der Waals surface area contributed by atoms with Crippen molar-refractivity contribution in [3.8, 4) is 0 Å². The van der Waals surface area contributed by atoms with Crippen LogP contribution in [0.25, 0.3) is 0 Å². The molecule has 1 aliphatic heterocycles. The number of rotatable bonds is 6. The van der Waals surface area contributed by atoms with Crippen molar-refractivity contribution in [2.24, 2.45) is 5.14 Å². The molecule has 3 N–H and O–H groups in total. The third kappa shape index (κ3) is 4.04. The average molecular weight is 287 g/mol. The SMILES string of the molecule is CC(CNCc1ccc(S(N)(=O)=O)o1)N1CCCC1. The van der Waals surface area contributed by atoms with Gasteiger partial charge in [-0.25, -0.2) is 13.6 Å². The van der Waals surface area contributed by atoms with Gasteiger partial charge >= 0.3 is 0 Å². The lowest BCUT2D eigenvalue weighted by atomic mass is 10.3. The van der Waals surface area contributed by atoms with Gasteiger partial charge in [0.2, 0.25) is 5.09 Å². The van der Waals surface area contributed by atoms with E-state index in [-0.39, 0.29) is 5.09 Å². The summed E-state index contributed by atoms with van der Waals surface area (Å²) in [6, 6.07) is 3.50. The van der Waals surface area contributed by atoms with Crippen LogP contribution in [0.4, 0.5) is 0 Å². The fraction of sp³-hybridized carbons (Fsp3) is 0.667. The Bertz CT molecular complexity index is 506. The van der Waals surface area contributed by atoms with Crippen molar-refractivity contribution in [2.75, 3.05) is 19.6 Å².